The van der Waals surface area contributed by atoms with Crippen LogP contribution in [0.15, 0.2) is 0 Å². The molecule has 0 aromatic rings. The van der Waals surface area contributed by atoms with E-state index >= 15 is 0 Å². The van der Waals surface area contributed by atoms with Crippen LogP contribution < -0.4 is 0 Å². The highest BCUT2D eigenvalue weighted by Gasteiger charge is 2.24. The van der Waals surface area contributed by atoms with Crippen LogP contribution >= 0.6 is 12.4 Å². The minimum Gasteiger partial charge on any atom is -0.474 e. The Hall–Kier alpha value is -0.810. The van der Waals surface area contributed by atoms with Gasteiger partial charge in [0.15, 0.2) is 0 Å². The fourth-order valence-corrected chi connectivity index (χ4v) is 1.40. The van der Waals surface area contributed by atoms with Crippen molar-refractivity contribution in [2.45, 2.75) is 6.92 Å². The highest BCUT2D eigenvalue weighted by atomic mass is 35.5. The molecule has 82 valence electrons. The molecule has 0 spiro atoms. The molecule has 1 aliphatic rings. The van der Waals surface area contributed by atoms with Crippen LogP contribution in [0.4, 0.5) is 0 Å². The van der Waals surface area contributed by atoms with E-state index in [0.29, 0.717) is 13.1 Å². The molecule has 0 unspecified atom stereocenters. The molecule has 1 rings (SSSR count). The summed E-state index contributed by atoms with van der Waals surface area (Å²) in [5.74, 6) is -2.14. The molecule has 5 nitrogen and oxygen atoms in total. The zero-order chi connectivity index (χ0) is 9.84. The first kappa shape index (κ1) is 13.2. The van der Waals surface area contributed by atoms with Crippen molar-refractivity contribution in [3.8, 4) is 0 Å². The van der Waals surface area contributed by atoms with Crippen molar-refractivity contribution in [1.82, 2.24) is 9.80 Å². The van der Waals surface area contributed by atoms with Gasteiger partial charge >= 0.3 is 11.9 Å². The zero-order valence-corrected chi connectivity index (χ0v) is 8.92. The van der Waals surface area contributed by atoms with Gasteiger partial charge in [-0.3, -0.25) is 4.79 Å². The van der Waals surface area contributed by atoms with Crippen LogP contribution in [-0.4, -0.2) is 59.5 Å². The van der Waals surface area contributed by atoms with E-state index in [1.807, 2.05) is 0 Å². The normalized spacial score (nSPS) is 17.4. The van der Waals surface area contributed by atoms with E-state index < -0.39 is 11.9 Å². The summed E-state index contributed by atoms with van der Waals surface area (Å²) in [6, 6.07) is 0. The molecule has 0 radical (unpaired) electrons. The van der Waals surface area contributed by atoms with Crippen LogP contribution in [0.1, 0.15) is 6.92 Å². The van der Waals surface area contributed by atoms with Gasteiger partial charge in [-0.1, -0.05) is 6.92 Å². The number of nitrogens with zero attached hydrogens (tertiary/aromatic N) is 2. The zero-order valence-electron chi connectivity index (χ0n) is 8.10. The second-order valence-corrected chi connectivity index (χ2v) is 3.03. The molecule has 0 atom stereocenters. The Bertz CT molecular complexity index is 215. The van der Waals surface area contributed by atoms with Crippen LogP contribution in [-0.2, 0) is 9.59 Å². The number of carboxylic acid groups (broad SMARTS) is 1. The van der Waals surface area contributed by atoms with Gasteiger partial charge in [-0.2, -0.15) is 0 Å². The van der Waals surface area contributed by atoms with Gasteiger partial charge in [0.25, 0.3) is 0 Å². The molecule has 0 aliphatic carbocycles. The van der Waals surface area contributed by atoms with Gasteiger partial charge in [0.05, 0.1) is 0 Å². The van der Waals surface area contributed by atoms with Gasteiger partial charge in [-0.15, -0.1) is 12.4 Å². The smallest absolute Gasteiger partial charge is 0.394 e. The van der Waals surface area contributed by atoms with Crippen molar-refractivity contribution >= 4 is 24.3 Å². The Labute approximate surface area is 89.1 Å². The molecule has 6 heteroatoms. The Morgan fingerprint density at radius 3 is 2.07 bits per heavy atom. The monoisotopic (exact) mass is 222 g/mol. The number of aliphatic carboxylic acids is 1. The largest absolute Gasteiger partial charge is 0.474 e. The highest BCUT2D eigenvalue weighted by molar-refractivity contribution is 6.31. The lowest BCUT2D eigenvalue weighted by atomic mass is 10.3. The summed E-state index contributed by atoms with van der Waals surface area (Å²) in [5.41, 5.74) is 0. The van der Waals surface area contributed by atoms with Crippen molar-refractivity contribution < 1.29 is 14.7 Å². The Balaban J connectivity index is 0.00000169. The van der Waals surface area contributed by atoms with Crippen LogP contribution in [0, 0.1) is 0 Å². The predicted octanol–water partition coefficient (Wildman–Crippen LogP) is -0.343. The number of carboxylic acids is 1. The summed E-state index contributed by atoms with van der Waals surface area (Å²) in [5, 5.41) is 8.45. The number of piperazine rings is 1. The lowest BCUT2D eigenvalue weighted by Crippen LogP contribution is -2.50. The fraction of sp³-hybridized carbons (Fsp3) is 0.750. The summed E-state index contributed by atoms with van der Waals surface area (Å²) < 4.78 is 0. The number of halogens is 1. The quantitative estimate of drug-likeness (QED) is 0.617. The minimum absolute atomic E-state index is 0. The second kappa shape index (κ2) is 5.82. The maximum Gasteiger partial charge on any atom is 0.394 e. The summed E-state index contributed by atoms with van der Waals surface area (Å²) in [6.45, 7) is 5.60. The van der Waals surface area contributed by atoms with E-state index in [1.165, 1.54) is 4.90 Å². The van der Waals surface area contributed by atoms with E-state index in [4.69, 9.17) is 5.11 Å². The molecule has 0 aromatic carbocycles. The van der Waals surface area contributed by atoms with E-state index in [2.05, 4.69) is 11.8 Å². The van der Waals surface area contributed by atoms with E-state index in [0.717, 1.165) is 19.6 Å². The average molecular weight is 223 g/mol. The summed E-state index contributed by atoms with van der Waals surface area (Å²) in [7, 11) is 0. The number of hydrogen-bond acceptors (Lipinski definition) is 3. The predicted molar refractivity (Wildman–Crippen MR) is 53.6 cm³/mol. The molecule has 1 N–H and O–H groups in total. The molecule has 1 amide bonds. The Morgan fingerprint density at radius 1 is 1.21 bits per heavy atom. The van der Waals surface area contributed by atoms with Crippen LogP contribution in [0.5, 0.6) is 0 Å². The van der Waals surface area contributed by atoms with Crippen molar-refractivity contribution in [3.63, 3.8) is 0 Å². The summed E-state index contributed by atoms with van der Waals surface area (Å²) in [4.78, 5) is 24.9. The molecule has 14 heavy (non-hydrogen) atoms. The summed E-state index contributed by atoms with van der Waals surface area (Å²) in [6.07, 6.45) is 0. The molecule has 1 fully saturated rings. The van der Waals surface area contributed by atoms with Crippen molar-refractivity contribution in [3.05, 3.63) is 0 Å². The first-order valence-electron chi connectivity index (χ1n) is 4.39. The average Bonchev–Trinajstić information content (AvgIpc) is 2.17. The lowest BCUT2D eigenvalue weighted by Gasteiger charge is -2.32. The van der Waals surface area contributed by atoms with E-state index in [1.54, 1.807) is 0 Å². The molecule has 1 heterocycles. The fourth-order valence-electron chi connectivity index (χ4n) is 1.40. The number of hydrogen-bond donors (Lipinski definition) is 1. The minimum atomic E-state index is -1.36. The molecular formula is C8H15ClN2O3. The van der Waals surface area contributed by atoms with Gasteiger partial charge in [0.2, 0.25) is 0 Å². The van der Waals surface area contributed by atoms with Crippen molar-refractivity contribution in [1.29, 1.82) is 0 Å². The maximum atomic E-state index is 11.0. The second-order valence-electron chi connectivity index (χ2n) is 3.03. The molecule has 0 aromatic heterocycles. The molecule has 0 bridgehead atoms. The topological polar surface area (TPSA) is 60.9 Å². The molecular weight excluding hydrogens is 208 g/mol. The molecule has 1 saturated heterocycles. The molecule has 1 aliphatic heterocycles. The number of amides is 1. The third-order valence-corrected chi connectivity index (χ3v) is 2.29. The van der Waals surface area contributed by atoms with Crippen molar-refractivity contribution in [2.24, 2.45) is 0 Å². The van der Waals surface area contributed by atoms with E-state index in [-0.39, 0.29) is 12.4 Å². The number of carbonyl (C=O) groups excluding carboxylic acids is 1. The standard InChI is InChI=1S/C8H14N2O3.ClH/c1-2-9-3-5-10(6-4-9)7(11)8(12)13;/h2-6H2,1H3,(H,12,13);1H. The molecule has 0 saturated carbocycles. The Morgan fingerprint density at radius 2 is 1.71 bits per heavy atom. The third kappa shape index (κ3) is 3.16. The highest BCUT2D eigenvalue weighted by Crippen LogP contribution is 2.01. The van der Waals surface area contributed by atoms with Crippen LogP contribution in [0.25, 0.3) is 0 Å². The van der Waals surface area contributed by atoms with E-state index in [9.17, 15) is 9.59 Å². The van der Waals surface area contributed by atoms with Gasteiger partial charge < -0.3 is 14.9 Å². The Kier molecular flexibility index (Phi) is 5.49. The lowest BCUT2D eigenvalue weighted by molar-refractivity contribution is -0.156. The van der Waals surface area contributed by atoms with Crippen LogP contribution in [0.3, 0.4) is 0 Å². The number of carbonyl (C=O) groups is 2. The maximum absolute atomic E-state index is 11.0. The first-order chi connectivity index (χ1) is 6.15. The van der Waals surface area contributed by atoms with Gasteiger partial charge in [-0.25, -0.2) is 4.79 Å². The first-order valence-corrected chi connectivity index (χ1v) is 4.39. The SMILES string of the molecule is CCN1CCN(C(=O)C(=O)O)CC1.Cl. The van der Waals surface area contributed by atoms with Crippen LogP contribution in [0.2, 0.25) is 0 Å². The number of likely N-dealkylation sites (N-methyl/N-ethyl adjacent to an activating group) is 1. The van der Waals surface area contributed by atoms with Crippen molar-refractivity contribution in [2.75, 3.05) is 32.7 Å². The van der Waals surface area contributed by atoms with Gasteiger partial charge in [0.1, 0.15) is 0 Å². The van der Waals surface area contributed by atoms with Gasteiger partial charge in [0, 0.05) is 26.2 Å². The van der Waals surface area contributed by atoms with Gasteiger partial charge in [-0.05, 0) is 6.54 Å². The number of rotatable bonds is 1. The summed E-state index contributed by atoms with van der Waals surface area (Å²) >= 11 is 0. The third-order valence-electron chi connectivity index (χ3n) is 2.29.